The summed E-state index contributed by atoms with van der Waals surface area (Å²) in [6.07, 6.45) is -0.144. The summed E-state index contributed by atoms with van der Waals surface area (Å²) in [5, 5.41) is 10.8. The van der Waals surface area contributed by atoms with E-state index >= 15 is 0 Å². The van der Waals surface area contributed by atoms with Gasteiger partial charge in [-0.15, -0.1) is 0 Å². The maximum atomic E-state index is 10.9. The van der Waals surface area contributed by atoms with Gasteiger partial charge in [-0.3, -0.25) is 4.79 Å². The fourth-order valence-electron chi connectivity index (χ4n) is 0.893. The molecule has 4 heteroatoms. The van der Waals surface area contributed by atoms with Crippen LogP contribution in [0.25, 0.3) is 0 Å². The van der Waals surface area contributed by atoms with Gasteiger partial charge in [0.2, 0.25) is 5.91 Å². The average molecular weight is 175 g/mol. The first-order valence-electron chi connectivity index (χ1n) is 3.74. The largest absolute Gasteiger partial charge is 0.399 e. The fraction of sp³-hybridized carbons (Fsp3) is 0.111. The van der Waals surface area contributed by atoms with Crippen molar-refractivity contribution in [1.29, 1.82) is 5.26 Å². The lowest BCUT2D eigenvalue weighted by Gasteiger charge is -2.02. The highest BCUT2D eigenvalue weighted by atomic mass is 16.1. The van der Waals surface area contributed by atoms with Crippen molar-refractivity contribution < 1.29 is 4.79 Å². The van der Waals surface area contributed by atoms with Crippen LogP contribution in [0, 0.1) is 11.3 Å². The second-order valence-corrected chi connectivity index (χ2v) is 2.51. The maximum absolute atomic E-state index is 10.9. The SMILES string of the molecule is N#CCC(=O)Nc1cccc(N)c1. The number of nitriles is 1. The number of carbonyl (C=O) groups excluding carboxylic acids is 1. The zero-order chi connectivity index (χ0) is 9.68. The second-order valence-electron chi connectivity index (χ2n) is 2.51. The van der Waals surface area contributed by atoms with Crippen LogP contribution >= 0.6 is 0 Å². The Morgan fingerprint density at radius 1 is 1.62 bits per heavy atom. The number of anilines is 2. The number of carbonyl (C=O) groups is 1. The van der Waals surface area contributed by atoms with Gasteiger partial charge in [-0.1, -0.05) is 6.07 Å². The molecule has 0 heterocycles. The monoisotopic (exact) mass is 175 g/mol. The van der Waals surface area contributed by atoms with Crippen molar-refractivity contribution in [3.05, 3.63) is 24.3 Å². The van der Waals surface area contributed by atoms with Crippen LogP contribution in [-0.2, 0) is 4.79 Å². The molecule has 13 heavy (non-hydrogen) atoms. The van der Waals surface area contributed by atoms with Crippen LogP contribution in [0.15, 0.2) is 24.3 Å². The van der Waals surface area contributed by atoms with Gasteiger partial charge in [0.1, 0.15) is 6.42 Å². The normalized spacial score (nSPS) is 8.85. The van der Waals surface area contributed by atoms with Gasteiger partial charge in [0.05, 0.1) is 6.07 Å². The Hall–Kier alpha value is -2.02. The Balaban J connectivity index is 2.65. The minimum Gasteiger partial charge on any atom is -0.399 e. The van der Waals surface area contributed by atoms with Crippen molar-refractivity contribution in [2.75, 3.05) is 11.1 Å². The van der Waals surface area contributed by atoms with E-state index < -0.39 is 0 Å². The van der Waals surface area contributed by atoms with Gasteiger partial charge in [0, 0.05) is 11.4 Å². The maximum Gasteiger partial charge on any atom is 0.238 e. The smallest absolute Gasteiger partial charge is 0.238 e. The third-order valence-electron chi connectivity index (χ3n) is 1.41. The van der Waals surface area contributed by atoms with Crippen molar-refractivity contribution in [2.45, 2.75) is 6.42 Å². The molecule has 0 saturated heterocycles. The summed E-state index contributed by atoms with van der Waals surface area (Å²) in [7, 11) is 0. The molecule has 1 rings (SSSR count). The van der Waals surface area contributed by atoms with E-state index in [1.165, 1.54) is 0 Å². The first kappa shape index (κ1) is 9.07. The highest BCUT2D eigenvalue weighted by molar-refractivity contribution is 5.92. The molecule has 0 unspecified atom stereocenters. The molecule has 0 aliphatic carbocycles. The lowest BCUT2D eigenvalue weighted by atomic mass is 10.3. The third-order valence-corrected chi connectivity index (χ3v) is 1.41. The van der Waals surface area contributed by atoms with E-state index in [0.717, 1.165) is 0 Å². The van der Waals surface area contributed by atoms with Crippen molar-refractivity contribution in [1.82, 2.24) is 0 Å². The molecule has 1 aromatic rings. The Kier molecular flexibility index (Phi) is 2.87. The second kappa shape index (κ2) is 4.12. The summed E-state index contributed by atoms with van der Waals surface area (Å²) in [5.41, 5.74) is 6.68. The molecule has 1 aromatic carbocycles. The molecule has 3 N–H and O–H groups in total. The zero-order valence-corrected chi connectivity index (χ0v) is 6.95. The molecule has 0 saturated carbocycles. The van der Waals surface area contributed by atoms with Crippen LogP contribution < -0.4 is 11.1 Å². The quantitative estimate of drug-likeness (QED) is 0.661. The van der Waals surface area contributed by atoms with Gasteiger partial charge < -0.3 is 11.1 Å². The summed E-state index contributed by atoms with van der Waals surface area (Å²) in [6, 6.07) is 8.56. The Labute approximate surface area is 76.0 Å². The topological polar surface area (TPSA) is 78.9 Å². The number of nitrogens with two attached hydrogens (primary N) is 1. The number of amides is 1. The van der Waals surface area contributed by atoms with Crippen LogP contribution in [0.2, 0.25) is 0 Å². The minimum atomic E-state index is -0.326. The number of hydrogen-bond acceptors (Lipinski definition) is 3. The molecule has 0 bridgehead atoms. The van der Waals surface area contributed by atoms with E-state index in [1.807, 2.05) is 0 Å². The van der Waals surface area contributed by atoms with Crippen LogP contribution in [0.4, 0.5) is 11.4 Å². The average Bonchev–Trinajstić information content (AvgIpc) is 2.04. The highest BCUT2D eigenvalue weighted by Gasteiger charge is 2.00. The standard InChI is InChI=1S/C9H9N3O/c10-5-4-9(13)12-8-3-1-2-7(11)6-8/h1-3,6H,4,11H2,(H,12,13). The van der Waals surface area contributed by atoms with E-state index in [0.29, 0.717) is 11.4 Å². The molecule has 0 aliphatic heterocycles. The van der Waals surface area contributed by atoms with E-state index in [1.54, 1.807) is 30.3 Å². The van der Waals surface area contributed by atoms with Gasteiger partial charge in [0.25, 0.3) is 0 Å². The van der Waals surface area contributed by atoms with Crippen LogP contribution in [0.1, 0.15) is 6.42 Å². The number of benzene rings is 1. The number of rotatable bonds is 2. The summed E-state index contributed by atoms with van der Waals surface area (Å²) < 4.78 is 0. The summed E-state index contributed by atoms with van der Waals surface area (Å²) in [6.45, 7) is 0. The molecule has 0 spiro atoms. The van der Waals surface area contributed by atoms with Crippen LogP contribution in [-0.4, -0.2) is 5.91 Å². The number of nitrogens with one attached hydrogen (secondary N) is 1. The minimum absolute atomic E-state index is 0.144. The molecule has 1 amide bonds. The van der Waals surface area contributed by atoms with E-state index in [4.69, 9.17) is 11.0 Å². The molecular formula is C9H9N3O. The Bertz CT molecular complexity index is 354. The molecule has 0 atom stereocenters. The predicted molar refractivity (Wildman–Crippen MR) is 49.7 cm³/mol. The van der Waals surface area contributed by atoms with E-state index in [9.17, 15) is 4.79 Å². The highest BCUT2D eigenvalue weighted by Crippen LogP contribution is 2.11. The molecular weight excluding hydrogens is 166 g/mol. The van der Waals surface area contributed by atoms with E-state index in [2.05, 4.69) is 5.32 Å². The van der Waals surface area contributed by atoms with Crippen molar-refractivity contribution in [3.8, 4) is 6.07 Å². The molecule has 0 aromatic heterocycles. The van der Waals surface area contributed by atoms with Crippen LogP contribution in [0.3, 0.4) is 0 Å². The molecule has 4 nitrogen and oxygen atoms in total. The first-order chi connectivity index (χ1) is 6.22. The Morgan fingerprint density at radius 3 is 3.00 bits per heavy atom. The lowest BCUT2D eigenvalue weighted by Crippen LogP contribution is -2.10. The number of nitrogen functional groups attached to an aromatic ring is 1. The third kappa shape index (κ3) is 2.83. The van der Waals surface area contributed by atoms with Crippen molar-refractivity contribution in [3.63, 3.8) is 0 Å². The van der Waals surface area contributed by atoms with Crippen molar-refractivity contribution >= 4 is 17.3 Å². The summed E-state index contributed by atoms with van der Waals surface area (Å²) in [4.78, 5) is 10.9. The summed E-state index contributed by atoms with van der Waals surface area (Å²) >= 11 is 0. The molecule has 0 radical (unpaired) electrons. The lowest BCUT2D eigenvalue weighted by molar-refractivity contribution is -0.115. The van der Waals surface area contributed by atoms with Gasteiger partial charge >= 0.3 is 0 Å². The number of nitrogens with zero attached hydrogens (tertiary/aromatic N) is 1. The first-order valence-corrected chi connectivity index (χ1v) is 3.74. The molecule has 0 aliphatic rings. The van der Waals surface area contributed by atoms with Gasteiger partial charge in [0.15, 0.2) is 0 Å². The Morgan fingerprint density at radius 2 is 2.38 bits per heavy atom. The fourth-order valence-corrected chi connectivity index (χ4v) is 0.893. The van der Waals surface area contributed by atoms with Crippen LogP contribution in [0.5, 0.6) is 0 Å². The molecule has 66 valence electrons. The van der Waals surface area contributed by atoms with Gasteiger partial charge in [-0.25, -0.2) is 0 Å². The van der Waals surface area contributed by atoms with Crippen molar-refractivity contribution in [2.24, 2.45) is 0 Å². The zero-order valence-electron chi connectivity index (χ0n) is 6.95. The molecule has 0 fully saturated rings. The number of hydrogen-bond donors (Lipinski definition) is 2. The van der Waals surface area contributed by atoms with Gasteiger partial charge in [-0.05, 0) is 18.2 Å². The van der Waals surface area contributed by atoms with E-state index in [-0.39, 0.29) is 12.3 Å². The summed E-state index contributed by atoms with van der Waals surface area (Å²) in [5.74, 6) is -0.326. The predicted octanol–water partition coefficient (Wildman–Crippen LogP) is 1.12. The van der Waals surface area contributed by atoms with Gasteiger partial charge in [-0.2, -0.15) is 5.26 Å².